The van der Waals surface area contributed by atoms with E-state index in [9.17, 15) is 0 Å². The molecule has 8 heteroatoms. The molecule has 0 aliphatic carbocycles. The topological polar surface area (TPSA) is 73.5 Å². The van der Waals surface area contributed by atoms with E-state index in [1.54, 1.807) is 4.68 Å². The second-order valence-electron chi connectivity index (χ2n) is 6.80. The molecule has 28 heavy (non-hydrogen) atoms. The summed E-state index contributed by atoms with van der Waals surface area (Å²) in [6.07, 6.45) is 11.5. The summed E-state index contributed by atoms with van der Waals surface area (Å²) in [6, 6.07) is 8.66. The monoisotopic (exact) mass is 393 g/mol. The summed E-state index contributed by atoms with van der Waals surface area (Å²) >= 11 is 0. The third-order valence-corrected chi connectivity index (χ3v) is 4.88. The van der Waals surface area contributed by atoms with E-state index in [2.05, 4.69) is 43.8 Å². The van der Waals surface area contributed by atoms with Crippen LogP contribution in [-0.2, 0) is 7.05 Å². The van der Waals surface area contributed by atoms with E-state index in [1.165, 1.54) is 0 Å². The van der Waals surface area contributed by atoms with Crippen molar-refractivity contribution in [2.45, 2.75) is 6.04 Å². The summed E-state index contributed by atoms with van der Waals surface area (Å²) in [5.74, 6) is 0.708. The zero-order valence-electron chi connectivity index (χ0n) is 15.4. The van der Waals surface area contributed by atoms with Crippen LogP contribution >= 0.6 is 12.4 Å². The molecule has 1 fully saturated rings. The fourth-order valence-corrected chi connectivity index (χ4v) is 3.18. The minimum Gasteiger partial charge on any atom is -0.312 e. The number of nitrogens with one attached hydrogen (secondary N) is 1. The number of rotatable bonds is 4. The number of benzene rings is 1. The molecule has 0 bridgehead atoms. The molecular weight excluding hydrogens is 374 g/mol. The van der Waals surface area contributed by atoms with E-state index >= 15 is 0 Å². The van der Waals surface area contributed by atoms with Crippen LogP contribution in [0.15, 0.2) is 61.4 Å². The van der Waals surface area contributed by atoms with Crippen LogP contribution < -0.4 is 5.32 Å². The molecule has 4 aromatic rings. The average Bonchev–Trinajstić information content (AvgIpc) is 3.30. The van der Waals surface area contributed by atoms with Crippen molar-refractivity contribution in [2.24, 2.45) is 7.05 Å². The summed E-state index contributed by atoms with van der Waals surface area (Å²) in [6.45, 7) is 1.95. The van der Waals surface area contributed by atoms with Crippen molar-refractivity contribution < 1.29 is 0 Å². The lowest BCUT2D eigenvalue weighted by molar-refractivity contribution is 0.318. The predicted octanol–water partition coefficient (Wildman–Crippen LogP) is 2.97. The Hall–Kier alpha value is -3.03. The summed E-state index contributed by atoms with van der Waals surface area (Å²) in [7, 11) is 1.92. The van der Waals surface area contributed by atoms with Gasteiger partial charge in [-0.15, -0.1) is 12.4 Å². The van der Waals surface area contributed by atoms with Crippen molar-refractivity contribution in [3.63, 3.8) is 0 Å². The molecule has 3 aromatic heterocycles. The SMILES string of the molecule is Cl.Cn1cc(-c2cccc(-c3ncc(-c4cnn(C5CNC5)c4)cn3)c2)cn1. The molecule has 0 saturated carbocycles. The smallest absolute Gasteiger partial charge is 0.159 e. The molecule has 7 nitrogen and oxygen atoms in total. The lowest BCUT2D eigenvalue weighted by Gasteiger charge is -2.27. The number of aromatic nitrogens is 6. The minimum atomic E-state index is 0. The van der Waals surface area contributed by atoms with Crippen molar-refractivity contribution in [3.05, 3.63) is 61.4 Å². The average molecular weight is 394 g/mol. The van der Waals surface area contributed by atoms with E-state index in [0.29, 0.717) is 11.9 Å². The highest BCUT2D eigenvalue weighted by molar-refractivity contribution is 5.85. The maximum Gasteiger partial charge on any atom is 0.159 e. The Bertz CT molecular complexity index is 1080. The molecule has 0 radical (unpaired) electrons. The van der Waals surface area contributed by atoms with Gasteiger partial charge in [-0.25, -0.2) is 9.97 Å². The van der Waals surface area contributed by atoms with Gasteiger partial charge in [0.05, 0.1) is 18.4 Å². The molecule has 1 aliphatic rings. The Labute approximate surface area is 168 Å². The molecule has 0 unspecified atom stereocenters. The number of halogens is 1. The molecular formula is C20H20ClN7. The highest BCUT2D eigenvalue weighted by atomic mass is 35.5. The molecule has 1 N–H and O–H groups in total. The first-order chi connectivity index (χ1) is 13.3. The standard InChI is InChI=1S/C20H19N7.ClH/c1-26-12-17(8-24-26)14-3-2-4-15(5-14)20-22-6-16(7-23-20)18-9-25-27(13-18)19-10-21-11-19;/h2-9,12-13,19,21H,10-11H2,1H3;1H. The zero-order valence-corrected chi connectivity index (χ0v) is 16.2. The number of nitrogens with zero attached hydrogens (tertiary/aromatic N) is 6. The Morgan fingerprint density at radius 2 is 1.57 bits per heavy atom. The van der Waals surface area contributed by atoms with Gasteiger partial charge in [0.1, 0.15) is 0 Å². The lowest BCUT2D eigenvalue weighted by Crippen LogP contribution is -2.43. The van der Waals surface area contributed by atoms with Gasteiger partial charge in [-0.3, -0.25) is 9.36 Å². The molecule has 4 heterocycles. The molecule has 0 amide bonds. The molecule has 0 spiro atoms. The van der Waals surface area contributed by atoms with Crippen LogP contribution in [0.25, 0.3) is 33.6 Å². The van der Waals surface area contributed by atoms with E-state index in [-0.39, 0.29) is 12.4 Å². The summed E-state index contributed by atoms with van der Waals surface area (Å²) in [4.78, 5) is 9.14. The van der Waals surface area contributed by atoms with Gasteiger partial charge in [0.2, 0.25) is 0 Å². The van der Waals surface area contributed by atoms with Crippen LogP contribution in [0.1, 0.15) is 6.04 Å². The van der Waals surface area contributed by atoms with Crippen molar-refractivity contribution in [3.8, 4) is 33.6 Å². The first kappa shape index (κ1) is 18.3. The maximum atomic E-state index is 4.57. The van der Waals surface area contributed by atoms with E-state index in [1.807, 2.05) is 54.8 Å². The van der Waals surface area contributed by atoms with Crippen LogP contribution in [-0.4, -0.2) is 42.6 Å². The van der Waals surface area contributed by atoms with Gasteiger partial charge in [0.25, 0.3) is 0 Å². The number of hydrogen-bond acceptors (Lipinski definition) is 5. The first-order valence-corrected chi connectivity index (χ1v) is 8.93. The van der Waals surface area contributed by atoms with Crippen LogP contribution in [0.3, 0.4) is 0 Å². The summed E-state index contributed by atoms with van der Waals surface area (Å²) < 4.78 is 3.81. The van der Waals surface area contributed by atoms with Gasteiger partial charge in [-0.2, -0.15) is 10.2 Å². The van der Waals surface area contributed by atoms with E-state index in [4.69, 9.17) is 0 Å². The van der Waals surface area contributed by atoms with Crippen molar-refractivity contribution >= 4 is 12.4 Å². The second-order valence-corrected chi connectivity index (χ2v) is 6.80. The number of hydrogen-bond donors (Lipinski definition) is 1. The van der Waals surface area contributed by atoms with Gasteiger partial charge < -0.3 is 5.32 Å². The number of aryl methyl sites for hydroxylation is 1. The lowest BCUT2D eigenvalue weighted by atomic mass is 10.1. The van der Waals surface area contributed by atoms with Crippen molar-refractivity contribution in [1.82, 2.24) is 34.8 Å². The third-order valence-electron chi connectivity index (χ3n) is 4.88. The zero-order chi connectivity index (χ0) is 18.2. The molecule has 1 aliphatic heterocycles. The summed E-state index contributed by atoms with van der Waals surface area (Å²) in [5, 5.41) is 12.0. The Morgan fingerprint density at radius 1 is 0.857 bits per heavy atom. The third kappa shape index (κ3) is 3.42. The van der Waals surface area contributed by atoms with Crippen LogP contribution in [0.4, 0.5) is 0 Å². The quantitative estimate of drug-likeness (QED) is 0.577. The normalized spacial score (nSPS) is 13.8. The maximum absolute atomic E-state index is 4.57. The van der Waals surface area contributed by atoms with E-state index in [0.717, 1.165) is 40.9 Å². The second kappa shape index (κ2) is 7.53. The Balaban J connectivity index is 0.00000192. The van der Waals surface area contributed by atoms with Crippen LogP contribution in [0.5, 0.6) is 0 Å². The highest BCUT2D eigenvalue weighted by Gasteiger charge is 2.19. The minimum absolute atomic E-state index is 0. The van der Waals surface area contributed by atoms with Gasteiger partial charge in [-0.1, -0.05) is 18.2 Å². The van der Waals surface area contributed by atoms with E-state index < -0.39 is 0 Å². The Morgan fingerprint density at radius 3 is 2.25 bits per heavy atom. The van der Waals surface area contributed by atoms with Crippen molar-refractivity contribution in [2.75, 3.05) is 13.1 Å². The van der Waals surface area contributed by atoms with Gasteiger partial charge >= 0.3 is 0 Å². The molecule has 1 aromatic carbocycles. The van der Waals surface area contributed by atoms with Gasteiger partial charge in [0, 0.05) is 67.2 Å². The summed E-state index contributed by atoms with van der Waals surface area (Å²) in [5.41, 5.74) is 5.18. The van der Waals surface area contributed by atoms with Crippen LogP contribution in [0.2, 0.25) is 0 Å². The first-order valence-electron chi connectivity index (χ1n) is 8.93. The fourth-order valence-electron chi connectivity index (χ4n) is 3.18. The molecule has 0 atom stereocenters. The van der Waals surface area contributed by atoms with Gasteiger partial charge in [-0.05, 0) is 11.6 Å². The predicted molar refractivity (Wildman–Crippen MR) is 110 cm³/mol. The molecule has 142 valence electrons. The fraction of sp³-hybridized carbons (Fsp3) is 0.200. The van der Waals surface area contributed by atoms with Crippen LogP contribution in [0, 0.1) is 0 Å². The molecule has 5 rings (SSSR count). The van der Waals surface area contributed by atoms with Gasteiger partial charge in [0.15, 0.2) is 5.82 Å². The highest BCUT2D eigenvalue weighted by Crippen LogP contribution is 2.25. The van der Waals surface area contributed by atoms with Crippen molar-refractivity contribution in [1.29, 1.82) is 0 Å². The largest absolute Gasteiger partial charge is 0.312 e. The molecule has 1 saturated heterocycles. The Kier molecular flexibility index (Phi) is 4.93.